The Morgan fingerprint density at radius 1 is 1.10 bits per heavy atom. The van der Waals surface area contributed by atoms with E-state index in [1.807, 2.05) is 27.7 Å². The Morgan fingerprint density at radius 3 is 2.03 bits per heavy atom. The van der Waals surface area contributed by atoms with Gasteiger partial charge in [0.1, 0.15) is 30.8 Å². The fourth-order valence-corrected chi connectivity index (χ4v) is 2.06. The Labute approximate surface area is 172 Å². The fourth-order valence-electron chi connectivity index (χ4n) is 2.06. The van der Waals surface area contributed by atoms with Crippen LogP contribution in [0.15, 0.2) is 24.3 Å². The maximum Gasteiger partial charge on any atom is 0.338 e. The predicted molar refractivity (Wildman–Crippen MR) is 111 cm³/mol. The lowest BCUT2D eigenvalue weighted by Gasteiger charge is -2.21. The monoisotopic (exact) mass is 410 g/mol. The molecule has 8 heteroatoms. The first-order valence-electron chi connectivity index (χ1n) is 9.58. The summed E-state index contributed by atoms with van der Waals surface area (Å²) in [6.07, 6.45) is 0.230. The van der Waals surface area contributed by atoms with Crippen LogP contribution >= 0.6 is 0 Å². The van der Waals surface area contributed by atoms with Gasteiger partial charge < -0.3 is 30.4 Å². The lowest BCUT2D eigenvalue weighted by atomic mass is 10.1. The minimum absolute atomic E-state index is 0.0278. The van der Waals surface area contributed by atoms with E-state index in [4.69, 9.17) is 20.3 Å². The molecule has 29 heavy (non-hydrogen) atoms. The molecule has 4 N–H and O–H groups in total. The molecule has 0 saturated carbocycles. The molecule has 1 aromatic rings. The normalized spacial score (nSPS) is 13.7. The Morgan fingerprint density at radius 2 is 1.66 bits per heavy atom. The van der Waals surface area contributed by atoms with E-state index in [0.717, 1.165) is 6.29 Å². The van der Waals surface area contributed by atoms with Crippen LogP contribution in [-0.2, 0) is 19.1 Å². The molecule has 0 aliphatic carbocycles. The van der Waals surface area contributed by atoms with E-state index in [9.17, 15) is 14.4 Å². The number of hydrogen-bond acceptors (Lipinski definition) is 8. The lowest BCUT2D eigenvalue weighted by molar-refractivity contribution is -0.153. The summed E-state index contributed by atoms with van der Waals surface area (Å²) in [4.78, 5) is 33.5. The third-order valence-corrected chi connectivity index (χ3v) is 4.03. The number of phenols is 1. The highest BCUT2D eigenvalue weighted by molar-refractivity contribution is 5.89. The molecule has 3 atom stereocenters. The van der Waals surface area contributed by atoms with Crippen molar-refractivity contribution in [3.63, 3.8) is 0 Å². The molecule has 3 unspecified atom stereocenters. The molecule has 1 rings (SSSR count). The van der Waals surface area contributed by atoms with Crippen molar-refractivity contribution in [3.05, 3.63) is 29.8 Å². The van der Waals surface area contributed by atoms with E-state index in [2.05, 4.69) is 5.32 Å². The zero-order valence-corrected chi connectivity index (χ0v) is 18.0. The number of likely N-dealkylation sites (N-methyl/N-ethyl adjacent to an activating group) is 1. The summed E-state index contributed by atoms with van der Waals surface area (Å²) in [7, 11) is 1.70. The van der Waals surface area contributed by atoms with Gasteiger partial charge >= 0.3 is 11.9 Å². The van der Waals surface area contributed by atoms with Crippen molar-refractivity contribution in [1.29, 1.82) is 0 Å². The molecule has 0 radical (unpaired) electrons. The Hall–Kier alpha value is -2.45. The molecule has 0 amide bonds. The van der Waals surface area contributed by atoms with Gasteiger partial charge in [-0.1, -0.05) is 27.7 Å². The van der Waals surface area contributed by atoms with Crippen LogP contribution < -0.4 is 11.1 Å². The van der Waals surface area contributed by atoms with E-state index < -0.39 is 18.1 Å². The van der Waals surface area contributed by atoms with Crippen molar-refractivity contribution in [2.24, 2.45) is 17.6 Å². The van der Waals surface area contributed by atoms with Gasteiger partial charge in [0.25, 0.3) is 0 Å². The summed E-state index contributed by atoms with van der Waals surface area (Å²) in [6.45, 7) is 9.29. The number of ether oxygens (including phenoxy) is 2. The highest BCUT2D eigenvalue weighted by Crippen LogP contribution is 2.11. The summed E-state index contributed by atoms with van der Waals surface area (Å²) in [5, 5.41) is 12.1. The second kappa shape index (κ2) is 13.7. The number of esters is 2. The molecule has 8 nitrogen and oxygen atoms in total. The van der Waals surface area contributed by atoms with Crippen molar-refractivity contribution in [3.8, 4) is 5.75 Å². The van der Waals surface area contributed by atoms with Crippen LogP contribution in [0.5, 0.6) is 5.75 Å². The van der Waals surface area contributed by atoms with Crippen molar-refractivity contribution in [2.45, 2.75) is 52.8 Å². The SMILES string of the molecule is CC(C)C(N)C=O.CNC(C(=O)OC(C)COC(=O)c1ccc(O)cc1)C(C)C. The molecular weight excluding hydrogens is 376 g/mol. The van der Waals surface area contributed by atoms with Crippen LogP contribution in [-0.4, -0.2) is 55.2 Å². The number of phenolic OH excluding ortho intramolecular Hbond substituents is 1. The quantitative estimate of drug-likeness (QED) is 0.416. The molecule has 0 aliphatic rings. The predicted octanol–water partition coefficient (Wildman–Crippen LogP) is 1.89. The Kier molecular flexibility index (Phi) is 12.5. The zero-order chi connectivity index (χ0) is 22.6. The minimum atomic E-state index is -0.539. The molecule has 0 aliphatic heterocycles. The van der Waals surface area contributed by atoms with E-state index in [1.54, 1.807) is 14.0 Å². The first-order valence-corrected chi connectivity index (χ1v) is 9.58. The van der Waals surface area contributed by atoms with Crippen molar-refractivity contribution in [1.82, 2.24) is 5.32 Å². The molecular formula is C21H34N2O6. The third-order valence-electron chi connectivity index (χ3n) is 4.03. The molecule has 0 saturated heterocycles. The van der Waals surface area contributed by atoms with E-state index in [0.29, 0.717) is 5.56 Å². The van der Waals surface area contributed by atoms with E-state index in [-0.39, 0.29) is 36.2 Å². The molecule has 0 fully saturated rings. The summed E-state index contributed by atoms with van der Waals surface area (Å²) in [5.41, 5.74) is 5.57. The number of benzene rings is 1. The van der Waals surface area contributed by atoms with Crippen LogP contribution in [0.1, 0.15) is 45.0 Å². The number of carbonyl (C=O) groups excluding carboxylic acids is 3. The molecule has 0 aromatic heterocycles. The van der Waals surface area contributed by atoms with Crippen molar-refractivity contribution < 1.29 is 29.0 Å². The van der Waals surface area contributed by atoms with Crippen LogP contribution in [0.2, 0.25) is 0 Å². The number of hydrogen-bond donors (Lipinski definition) is 3. The number of aromatic hydroxyl groups is 1. The highest BCUT2D eigenvalue weighted by atomic mass is 16.6. The third kappa shape index (κ3) is 10.6. The van der Waals surface area contributed by atoms with Gasteiger partial charge in [-0.3, -0.25) is 4.79 Å². The number of rotatable bonds is 9. The first-order chi connectivity index (χ1) is 13.5. The molecule has 0 heterocycles. The second-order valence-electron chi connectivity index (χ2n) is 7.36. The summed E-state index contributed by atoms with van der Waals surface area (Å²) in [6, 6.07) is 5.06. The largest absolute Gasteiger partial charge is 0.508 e. The van der Waals surface area contributed by atoms with Crippen LogP contribution in [0.3, 0.4) is 0 Å². The molecule has 1 aromatic carbocycles. The maximum absolute atomic E-state index is 11.9. The summed E-state index contributed by atoms with van der Waals surface area (Å²) >= 11 is 0. The van der Waals surface area contributed by atoms with Gasteiger partial charge in [0.05, 0.1) is 11.6 Å². The van der Waals surface area contributed by atoms with Gasteiger partial charge in [0, 0.05) is 0 Å². The molecule has 164 valence electrons. The van der Waals surface area contributed by atoms with Crippen molar-refractivity contribution in [2.75, 3.05) is 13.7 Å². The second-order valence-corrected chi connectivity index (χ2v) is 7.36. The smallest absolute Gasteiger partial charge is 0.338 e. The summed E-state index contributed by atoms with van der Waals surface area (Å²) < 4.78 is 10.3. The van der Waals surface area contributed by atoms with Crippen LogP contribution in [0, 0.1) is 11.8 Å². The highest BCUT2D eigenvalue weighted by Gasteiger charge is 2.24. The Bertz CT molecular complexity index is 631. The van der Waals surface area contributed by atoms with Gasteiger partial charge in [-0.05, 0) is 50.1 Å². The summed E-state index contributed by atoms with van der Waals surface area (Å²) in [5.74, 6) is -0.449. The van der Waals surface area contributed by atoms with Crippen molar-refractivity contribution >= 4 is 18.2 Å². The first kappa shape index (κ1) is 26.6. The van der Waals surface area contributed by atoms with Crippen LogP contribution in [0.4, 0.5) is 0 Å². The Balaban J connectivity index is 0.000000956. The number of aldehydes is 1. The molecule has 0 bridgehead atoms. The lowest BCUT2D eigenvalue weighted by Crippen LogP contribution is -2.41. The molecule has 0 spiro atoms. The van der Waals surface area contributed by atoms with E-state index >= 15 is 0 Å². The maximum atomic E-state index is 11.9. The average molecular weight is 411 g/mol. The number of nitrogens with two attached hydrogens (primary N) is 1. The minimum Gasteiger partial charge on any atom is -0.508 e. The topological polar surface area (TPSA) is 128 Å². The number of nitrogens with one attached hydrogen (secondary N) is 1. The standard InChI is InChI=1S/C16H23NO5.C5H11NO/c1-10(2)14(17-4)16(20)22-11(3)9-21-15(19)12-5-7-13(18)8-6-12;1-4(2)5(6)3-7/h5-8,10-11,14,17-18H,9H2,1-4H3;3-5H,6H2,1-2H3. The fraction of sp³-hybridized carbons (Fsp3) is 0.571. The average Bonchev–Trinajstić information content (AvgIpc) is 2.66. The van der Waals surface area contributed by atoms with E-state index in [1.165, 1.54) is 24.3 Å². The van der Waals surface area contributed by atoms with Gasteiger partial charge in [0.15, 0.2) is 0 Å². The van der Waals surface area contributed by atoms with Gasteiger partial charge in [0.2, 0.25) is 0 Å². The van der Waals surface area contributed by atoms with Gasteiger partial charge in [-0.15, -0.1) is 0 Å². The van der Waals surface area contributed by atoms with Gasteiger partial charge in [-0.25, -0.2) is 4.79 Å². The number of carbonyl (C=O) groups is 3. The zero-order valence-electron chi connectivity index (χ0n) is 18.0. The van der Waals surface area contributed by atoms with Gasteiger partial charge in [-0.2, -0.15) is 0 Å². The van der Waals surface area contributed by atoms with Crippen LogP contribution in [0.25, 0.3) is 0 Å².